The maximum Gasteiger partial charge on any atom is 0.419 e. The summed E-state index contributed by atoms with van der Waals surface area (Å²) in [5.41, 5.74) is 1.83. The van der Waals surface area contributed by atoms with Crippen LogP contribution in [-0.2, 0) is 7.05 Å². The van der Waals surface area contributed by atoms with Crippen molar-refractivity contribution in [2.45, 2.75) is 6.10 Å². The van der Waals surface area contributed by atoms with E-state index in [9.17, 15) is 9.90 Å². The summed E-state index contributed by atoms with van der Waals surface area (Å²) in [7, 11) is 1.64. The first-order valence-corrected chi connectivity index (χ1v) is 6.78. The van der Waals surface area contributed by atoms with Gasteiger partial charge in [-0.25, -0.2) is 4.79 Å². The van der Waals surface area contributed by atoms with Crippen LogP contribution in [0.5, 0.6) is 0 Å². The fraction of sp³-hybridized carbons (Fsp3) is 0.154. The highest BCUT2D eigenvalue weighted by Crippen LogP contribution is 2.31. The molecule has 3 rings (SSSR count). The summed E-state index contributed by atoms with van der Waals surface area (Å²) < 4.78 is 7.15. The second kappa shape index (κ2) is 4.52. The first-order chi connectivity index (χ1) is 9.06. The molecule has 2 heterocycles. The van der Waals surface area contributed by atoms with E-state index < -0.39 is 11.9 Å². The van der Waals surface area contributed by atoms with Gasteiger partial charge < -0.3 is 9.52 Å². The number of nitrogens with zero attached hydrogens (tertiary/aromatic N) is 1. The summed E-state index contributed by atoms with van der Waals surface area (Å²) in [4.78, 5) is 12.2. The molecule has 1 unspecified atom stereocenters. The molecule has 0 bridgehead atoms. The summed E-state index contributed by atoms with van der Waals surface area (Å²) in [5.74, 6) is -0.416. The van der Waals surface area contributed by atoms with Gasteiger partial charge in [-0.15, -0.1) is 11.3 Å². The average molecular weight is 296 g/mol. The van der Waals surface area contributed by atoms with Crippen molar-refractivity contribution in [3.05, 3.63) is 55.7 Å². The Hall–Kier alpha value is -1.56. The second-order valence-electron chi connectivity index (χ2n) is 4.20. The zero-order valence-electron chi connectivity index (χ0n) is 9.96. The molecule has 0 saturated heterocycles. The first kappa shape index (κ1) is 12.5. The van der Waals surface area contributed by atoms with Crippen LogP contribution in [0.25, 0.3) is 11.1 Å². The SMILES string of the molecule is Cn1c(=O)oc2cc(C(O)c3ccc(Cl)s3)ccc21. The average Bonchev–Trinajstić information content (AvgIpc) is 2.94. The topological polar surface area (TPSA) is 55.4 Å². The van der Waals surface area contributed by atoms with Gasteiger partial charge in [-0.1, -0.05) is 17.7 Å². The molecule has 3 aromatic rings. The third-order valence-corrected chi connectivity index (χ3v) is 4.28. The lowest BCUT2D eigenvalue weighted by Gasteiger charge is -2.08. The molecule has 2 aromatic heterocycles. The van der Waals surface area contributed by atoms with E-state index in [1.165, 1.54) is 15.9 Å². The molecule has 0 fully saturated rings. The van der Waals surface area contributed by atoms with Crippen LogP contribution in [0.3, 0.4) is 0 Å². The summed E-state index contributed by atoms with van der Waals surface area (Å²) in [6.07, 6.45) is -0.771. The number of hydrogen-bond acceptors (Lipinski definition) is 4. The van der Waals surface area contributed by atoms with Crippen LogP contribution in [0.15, 0.2) is 39.5 Å². The monoisotopic (exact) mass is 295 g/mol. The molecule has 0 radical (unpaired) electrons. The van der Waals surface area contributed by atoms with Crippen molar-refractivity contribution in [2.75, 3.05) is 0 Å². The lowest BCUT2D eigenvalue weighted by Crippen LogP contribution is -2.08. The van der Waals surface area contributed by atoms with E-state index in [-0.39, 0.29) is 0 Å². The molecule has 1 N–H and O–H groups in total. The van der Waals surface area contributed by atoms with Gasteiger partial charge in [0.15, 0.2) is 5.58 Å². The lowest BCUT2D eigenvalue weighted by molar-refractivity contribution is 0.224. The standard InChI is InChI=1S/C13H10ClNO3S/c1-15-8-3-2-7(6-9(8)18-13(15)17)12(16)10-4-5-11(14)19-10/h2-6,12,16H,1H3. The highest BCUT2D eigenvalue weighted by Gasteiger charge is 2.15. The van der Waals surface area contributed by atoms with Gasteiger partial charge in [-0.3, -0.25) is 4.57 Å². The Labute approximate surface area is 117 Å². The molecular weight excluding hydrogens is 286 g/mol. The number of aliphatic hydroxyl groups excluding tert-OH is 1. The van der Waals surface area contributed by atoms with E-state index in [1.807, 2.05) is 0 Å². The van der Waals surface area contributed by atoms with Crippen LogP contribution < -0.4 is 5.76 Å². The third kappa shape index (κ3) is 2.10. The Bertz CT molecular complexity index is 802. The molecule has 4 nitrogen and oxygen atoms in total. The van der Waals surface area contributed by atoms with Crippen molar-refractivity contribution in [3.63, 3.8) is 0 Å². The Morgan fingerprint density at radius 3 is 2.84 bits per heavy atom. The van der Waals surface area contributed by atoms with E-state index >= 15 is 0 Å². The number of fused-ring (bicyclic) bond motifs is 1. The highest BCUT2D eigenvalue weighted by atomic mass is 35.5. The highest BCUT2D eigenvalue weighted by molar-refractivity contribution is 7.16. The van der Waals surface area contributed by atoms with Crippen LogP contribution in [0, 0.1) is 0 Å². The van der Waals surface area contributed by atoms with E-state index in [2.05, 4.69) is 0 Å². The maximum atomic E-state index is 11.4. The minimum atomic E-state index is -0.771. The molecule has 0 aliphatic rings. The van der Waals surface area contributed by atoms with Gasteiger partial charge in [0.25, 0.3) is 0 Å². The second-order valence-corrected chi connectivity index (χ2v) is 5.95. The molecule has 1 aromatic carbocycles. The predicted molar refractivity (Wildman–Crippen MR) is 74.8 cm³/mol. The Balaban J connectivity index is 2.08. The molecular formula is C13H10ClNO3S. The van der Waals surface area contributed by atoms with Gasteiger partial charge in [0.1, 0.15) is 6.10 Å². The molecule has 0 spiro atoms. The zero-order chi connectivity index (χ0) is 13.6. The minimum absolute atomic E-state index is 0.416. The van der Waals surface area contributed by atoms with Gasteiger partial charge >= 0.3 is 5.76 Å². The number of hydrogen-bond donors (Lipinski definition) is 1. The van der Waals surface area contributed by atoms with Crippen molar-refractivity contribution >= 4 is 34.0 Å². The molecule has 0 aliphatic heterocycles. The number of thiophene rings is 1. The number of aryl methyl sites for hydroxylation is 1. The van der Waals surface area contributed by atoms with Crippen molar-refractivity contribution in [2.24, 2.45) is 7.05 Å². The maximum absolute atomic E-state index is 11.4. The van der Waals surface area contributed by atoms with Gasteiger partial charge in [0, 0.05) is 11.9 Å². The molecule has 0 saturated carbocycles. The molecule has 19 heavy (non-hydrogen) atoms. The smallest absolute Gasteiger partial charge is 0.408 e. The predicted octanol–water partition coefficient (Wildman–Crippen LogP) is 2.93. The first-order valence-electron chi connectivity index (χ1n) is 5.59. The molecule has 1 atom stereocenters. The fourth-order valence-corrected chi connectivity index (χ4v) is 3.04. The minimum Gasteiger partial charge on any atom is -0.408 e. The van der Waals surface area contributed by atoms with Gasteiger partial charge in [0.05, 0.1) is 9.85 Å². The van der Waals surface area contributed by atoms with Gasteiger partial charge in [0.2, 0.25) is 0 Å². The number of rotatable bonds is 2. The van der Waals surface area contributed by atoms with Crippen molar-refractivity contribution in [1.29, 1.82) is 0 Å². The van der Waals surface area contributed by atoms with Crippen LogP contribution in [0.1, 0.15) is 16.5 Å². The van der Waals surface area contributed by atoms with Crippen LogP contribution in [0.2, 0.25) is 4.34 Å². The Kier molecular flexibility index (Phi) is 2.97. The van der Waals surface area contributed by atoms with E-state index in [1.54, 1.807) is 37.4 Å². The number of benzene rings is 1. The fourth-order valence-electron chi connectivity index (χ4n) is 1.96. The van der Waals surface area contributed by atoms with Crippen molar-refractivity contribution in [1.82, 2.24) is 4.57 Å². The molecule has 98 valence electrons. The van der Waals surface area contributed by atoms with Crippen LogP contribution in [-0.4, -0.2) is 9.67 Å². The van der Waals surface area contributed by atoms with Gasteiger partial charge in [-0.2, -0.15) is 0 Å². The van der Waals surface area contributed by atoms with Crippen molar-refractivity contribution < 1.29 is 9.52 Å². The summed E-state index contributed by atoms with van der Waals surface area (Å²) in [5, 5.41) is 10.3. The van der Waals surface area contributed by atoms with E-state index in [4.69, 9.17) is 16.0 Å². The number of halogens is 1. The zero-order valence-corrected chi connectivity index (χ0v) is 11.5. The normalized spacial score (nSPS) is 13.0. The van der Waals surface area contributed by atoms with Crippen LogP contribution >= 0.6 is 22.9 Å². The van der Waals surface area contributed by atoms with E-state index in [0.717, 1.165) is 4.88 Å². The summed E-state index contributed by atoms with van der Waals surface area (Å²) >= 11 is 7.18. The molecule has 0 amide bonds. The van der Waals surface area contributed by atoms with Gasteiger partial charge in [-0.05, 0) is 29.8 Å². The molecule has 6 heteroatoms. The molecule has 0 aliphatic carbocycles. The largest absolute Gasteiger partial charge is 0.419 e. The quantitative estimate of drug-likeness (QED) is 0.791. The van der Waals surface area contributed by atoms with E-state index in [0.29, 0.717) is 21.0 Å². The van der Waals surface area contributed by atoms with Crippen molar-refractivity contribution in [3.8, 4) is 0 Å². The third-order valence-electron chi connectivity index (χ3n) is 3.00. The number of aromatic nitrogens is 1. The summed E-state index contributed by atoms with van der Waals surface area (Å²) in [6, 6.07) is 8.73. The Morgan fingerprint density at radius 2 is 2.16 bits per heavy atom. The number of oxazole rings is 1. The Morgan fingerprint density at radius 1 is 1.37 bits per heavy atom. The van der Waals surface area contributed by atoms with Crippen LogP contribution in [0.4, 0.5) is 0 Å². The lowest BCUT2D eigenvalue weighted by atomic mass is 10.1. The number of aliphatic hydroxyl groups is 1. The summed E-state index contributed by atoms with van der Waals surface area (Å²) in [6.45, 7) is 0.